The number of carbonyl (C=O) groups excluding carboxylic acids is 2. The predicted molar refractivity (Wildman–Crippen MR) is 112 cm³/mol. The van der Waals surface area contributed by atoms with Gasteiger partial charge in [0.2, 0.25) is 5.91 Å². The zero-order chi connectivity index (χ0) is 20.1. The van der Waals surface area contributed by atoms with Crippen LogP contribution in [0.1, 0.15) is 28.9 Å². The van der Waals surface area contributed by atoms with Crippen molar-refractivity contribution in [2.24, 2.45) is 0 Å². The number of hydrogen-bond acceptors (Lipinski definition) is 6. The van der Waals surface area contributed by atoms with Gasteiger partial charge in [-0.2, -0.15) is 0 Å². The Balaban J connectivity index is 2.14. The molecule has 1 aliphatic rings. The molecule has 1 unspecified atom stereocenters. The first kappa shape index (κ1) is 20.2. The Kier molecular flexibility index (Phi) is 6.53. The average Bonchev–Trinajstić information content (AvgIpc) is 3.22. The monoisotopic (exact) mass is 414 g/mol. The van der Waals surface area contributed by atoms with Crippen LogP contribution in [0.25, 0.3) is 0 Å². The van der Waals surface area contributed by atoms with Crippen molar-refractivity contribution in [1.29, 1.82) is 0 Å². The van der Waals surface area contributed by atoms with Crippen molar-refractivity contribution in [3.63, 3.8) is 0 Å². The van der Waals surface area contributed by atoms with Gasteiger partial charge in [0.15, 0.2) is 5.78 Å². The molecule has 1 N–H and O–H groups in total. The molecular formula is C20H18N2O4S2. The van der Waals surface area contributed by atoms with E-state index in [4.69, 9.17) is 0 Å². The Morgan fingerprint density at radius 1 is 1.07 bits per heavy atom. The lowest BCUT2D eigenvalue weighted by Crippen LogP contribution is -2.30. The Labute approximate surface area is 170 Å². The van der Waals surface area contributed by atoms with E-state index in [-0.39, 0.29) is 17.4 Å². The number of amides is 1. The van der Waals surface area contributed by atoms with E-state index in [9.17, 15) is 19.7 Å². The molecule has 2 aromatic carbocycles. The summed E-state index contributed by atoms with van der Waals surface area (Å²) in [5.41, 5.74) is 1.38. The number of ketones is 1. The summed E-state index contributed by atoms with van der Waals surface area (Å²) in [5, 5.41) is 14.0. The van der Waals surface area contributed by atoms with Gasteiger partial charge in [0, 0.05) is 45.9 Å². The minimum Gasteiger partial charge on any atom is -0.345 e. The maximum Gasteiger partial charge on any atom is 0.269 e. The second-order valence-corrected chi connectivity index (χ2v) is 8.55. The molecule has 0 radical (unpaired) electrons. The van der Waals surface area contributed by atoms with Crippen LogP contribution in [0.3, 0.4) is 0 Å². The summed E-state index contributed by atoms with van der Waals surface area (Å²) < 4.78 is 0.846. The minimum absolute atomic E-state index is 0.0870. The number of hydrogen-bond donors (Lipinski definition) is 1. The number of nitrogens with zero attached hydrogens (tertiary/aromatic N) is 1. The van der Waals surface area contributed by atoms with Crippen molar-refractivity contribution in [2.75, 3.05) is 11.5 Å². The summed E-state index contributed by atoms with van der Waals surface area (Å²) in [7, 11) is 0. The van der Waals surface area contributed by atoms with Gasteiger partial charge in [0.1, 0.15) is 0 Å². The lowest BCUT2D eigenvalue weighted by Gasteiger charge is -2.23. The summed E-state index contributed by atoms with van der Waals surface area (Å²) in [4.78, 5) is 36.0. The third-order valence-electron chi connectivity index (χ3n) is 4.10. The lowest BCUT2D eigenvalue weighted by molar-refractivity contribution is -0.384. The van der Waals surface area contributed by atoms with Gasteiger partial charge in [-0.05, 0) is 5.56 Å². The first-order valence-electron chi connectivity index (χ1n) is 8.58. The van der Waals surface area contributed by atoms with Crippen molar-refractivity contribution in [2.45, 2.75) is 13.0 Å². The lowest BCUT2D eigenvalue weighted by atomic mass is 9.93. The molecule has 6 nitrogen and oxygen atoms in total. The molecule has 3 rings (SSSR count). The highest BCUT2D eigenvalue weighted by atomic mass is 32.2. The van der Waals surface area contributed by atoms with Gasteiger partial charge in [0.05, 0.1) is 11.0 Å². The summed E-state index contributed by atoms with van der Waals surface area (Å²) in [6, 6.07) is 14.1. The molecule has 1 amide bonds. The fourth-order valence-electron chi connectivity index (χ4n) is 2.90. The molecule has 1 fully saturated rings. The van der Waals surface area contributed by atoms with Crippen molar-refractivity contribution in [1.82, 2.24) is 5.32 Å². The molecule has 144 valence electrons. The van der Waals surface area contributed by atoms with Crippen LogP contribution in [0, 0.1) is 10.1 Å². The first-order valence-corrected chi connectivity index (χ1v) is 10.6. The van der Waals surface area contributed by atoms with Crippen LogP contribution < -0.4 is 5.32 Å². The number of rotatable bonds is 6. The Morgan fingerprint density at radius 3 is 2.36 bits per heavy atom. The Bertz CT molecular complexity index is 936. The van der Waals surface area contributed by atoms with E-state index >= 15 is 0 Å². The molecule has 0 bridgehead atoms. The molecule has 8 heteroatoms. The van der Waals surface area contributed by atoms with Crippen molar-refractivity contribution in [3.8, 4) is 0 Å². The number of carbonyl (C=O) groups is 2. The maximum atomic E-state index is 13.4. The highest BCUT2D eigenvalue weighted by Gasteiger charge is 2.30. The minimum atomic E-state index is -0.766. The van der Waals surface area contributed by atoms with Crippen molar-refractivity contribution >= 4 is 40.9 Å². The van der Waals surface area contributed by atoms with E-state index in [0.717, 1.165) is 15.7 Å². The van der Waals surface area contributed by atoms with Gasteiger partial charge in [-0.3, -0.25) is 19.7 Å². The number of non-ortho nitro benzene ring substituents is 1. The molecule has 0 aromatic heterocycles. The third kappa shape index (κ3) is 4.63. The highest BCUT2D eigenvalue weighted by Crippen LogP contribution is 2.43. The number of nitro benzene ring substituents is 1. The molecule has 0 spiro atoms. The van der Waals surface area contributed by atoms with E-state index in [1.54, 1.807) is 59.9 Å². The van der Waals surface area contributed by atoms with Crippen molar-refractivity contribution in [3.05, 3.63) is 85.6 Å². The zero-order valence-corrected chi connectivity index (χ0v) is 16.7. The normalized spacial score (nSPS) is 14.4. The van der Waals surface area contributed by atoms with Crippen LogP contribution in [0.2, 0.25) is 0 Å². The number of thioether (sulfide) groups is 2. The SMILES string of the molecule is CC(=O)NC(C(C(=O)c1ccccc1)=C1SCCS1)c1cccc([N+](=O)[O-])c1. The second kappa shape index (κ2) is 9.07. The van der Waals surface area contributed by atoms with E-state index < -0.39 is 11.0 Å². The molecule has 1 atom stereocenters. The first-order chi connectivity index (χ1) is 13.5. The summed E-state index contributed by atoms with van der Waals surface area (Å²) in [5.74, 6) is 1.23. The predicted octanol–water partition coefficient (Wildman–Crippen LogP) is 4.35. The average molecular weight is 415 g/mol. The van der Waals surface area contributed by atoms with Crippen LogP contribution in [0.4, 0.5) is 5.69 Å². The van der Waals surface area contributed by atoms with Gasteiger partial charge in [-0.25, -0.2) is 0 Å². The van der Waals surface area contributed by atoms with E-state index in [1.165, 1.54) is 19.1 Å². The van der Waals surface area contributed by atoms with E-state index in [2.05, 4.69) is 5.32 Å². The van der Waals surface area contributed by atoms with E-state index in [0.29, 0.717) is 16.7 Å². The summed E-state index contributed by atoms with van der Waals surface area (Å²) >= 11 is 3.14. The Morgan fingerprint density at radius 2 is 1.75 bits per heavy atom. The summed E-state index contributed by atoms with van der Waals surface area (Å²) in [6.07, 6.45) is 0. The number of benzene rings is 2. The standard InChI is InChI=1S/C20H18N2O4S2/c1-13(23)21-18(15-8-5-9-16(12-15)22(25)26)17(20-27-10-11-28-20)19(24)14-6-3-2-4-7-14/h2-9,12,18H,10-11H2,1H3,(H,21,23). The topological polar surface area (TPSA) is 89.3 Å². The highest BCUT2D eigenvalue weighted by molar-refractivity contribution is 8.25. The molecule has 1 saturated heterocycles. The summed E-state index contributed by atoms with van der Waals surface area (Å²) in [6.45, 7) is 1.37. The smallest absolute Gasteiger partial charge is 0.269 e. The van der Waals surface area contributed by atoms with Crippen LogP contribution >= 0.6 is 23.5 Å². The molecule has 28 heavy (non-hydrogen) atoms. The number of nitro groups is 1. The van der Waals surface area contributed by atoms with Crippen LogP contribution in [-0.2, 0) is 4.79 Å². The van der Waals surface area contributed by atoms with Crippen LogP contribution in [0.15, 0.2) is 64.4 Å². The molecule has 1 aliphatic heterocycles. The maximum absolute atomic E-state index is 13.4. The van der Waals surface area contributed by atoms with Crippen LogP contribution in [0.5, 0.6) is 0 Å². The van der Waals surface area contributed by atoms with Gasteiger partial charge in [0.25, 0.3) is 5.69 Å². The largest absolute Gasteiger partial charge is 0.345 e. The molecule has 0 aliphatic carbocycles. The Hall–Kier alpha value is -2.58. The molecule has 0 saturated carbocycles. The fourth-order valence-corrected chi connectivity index (χ4v) is 5.50. The van der Waals surface area contributed by atoms with Gasteiger partial charge in [-0.15, -0.1) is 23.5 Å². The van der Waals surface area contributed by atoms with E-state index in [1.807, 2.05) is 6.07 Å². The number of nitrogens with one attached hydrogen (secondary N) is 1. The third-order valence-corrected chi connectivity index (χ3v) is 6.85. The number of Topliss-reactive ketones (excluding diaryl/α,β-unsaturated/α-hetero) is 1. The zero-order valence-electron chi connectivity index (χ0n) is 15.1. The molecular weight excluding hydrogens is 396 g/mol. The quantitative estimate of drug-likeness (QED) is 0.327. The van der Waals surface area contributed by atoms with Gasteiger partial charge in [-0.1, -0.05) is 42.5 Å². The van der Waals surface area contributed by atoms with Gasteiger partial charge >= 0.3 is 0 Å². The fraction of sp³-hybridized carbons (Fsp3) is 0.200. The second-order valence-electron chi connectivity index (χ2n) is 6.08. The van der Waals surface area contributed by atoms with Crippen LogP contribution in [-0.4, -0.2) is 28.1 Å². The molecule has 1 heterocycles. The van der Waals surface area contributed by atoms with Gasteiger partial charge < -0.3 is 5.32 Å². The van der Waals surface area contributed by atoms with Crippen molar-refractivity contribution < 1.29 is 14.5 Å². The molecule has 2 aromatic rings.